The Morgan fingerprint density at radius 1 is 1.36 bits per heavy atom. The number of morpholine rings is 1. The lowest BCUT2D eigenvalue weighted by Gasteiger charge is -2.33. The number of likely N-dealkylation sites (tertiary alicyclic amines) is 1. The molecular formula is C14H20N4O4. The van der Waals surface area contributed by atoms with Crippen molar-refractivity contribution in [2.24, 2.45) is 0 Å². The van der Waals surface area contributed by atoms with Crippen molar-refractivity contribution in [3.05, 3.63) is 28.2 Å². The number of hydrogen-bond acceptors (Lipinski definition) is 6. The number of hydrogen-bond donors (Lipinski definition) is 2. The zero-order chi connectivity index (χ0) is 15.6. The first-order chi connectivity index (χ1) is 10.6. The molecule has 0 aromatic carbocycles. The molecule has 22 heavy (non-hydrogen) atoms. The van der Waals surface area contributed by atoms with Crippen molar-refractivity contribution in [1.82, 2.24) is 20.0 Å². The molecule has 2 saturated heterocycles. The van der Waals surface area contributed by atoms with Gasteiger partial charge in [-0.2, -0.15) is 5.10 Å². The number of β-amino-alcohol motifs (C(OH)–C–C–N with tert-alkyl or cyclic N) is 1. The number of nitrogens with zero attached hydrogens (tertiary/aromatic N) is 3. The lowest BCUT2D eigenvalue weighted by Crippen LogP contribution is -2.49. The van der Waals surface area contributed by atoms with Gasteiger partial charge in [-0.1, -0.05) is 0 Å². The maximum atomic E-state index is 12.3. The summed E-state index contributed by atoms with van der Waals surface area (Å²) in [7, 11) is 0. The van der Waals surface area contributed by atoms with E-state index >= 15 is 0 Å². The summed E-state index contributed by atoms with van der Waals surface area (Å²) in [5.74, 6) is -0.269. The molecule has 1 amide bonds. The average molecular weight is 308 g/mol. The number of aliphatic hydroxyl groups is 1. The van der Waals surface area contributed by atoms with Gasteiger partial charge in [0.25, 0.3) is 11.5 Å². The third kappa shape index (κ3) is 3.34. The first kappa shape index (κ1) is 15.1. The van der Waals surface area contributed by atoms with Crippen LogP contribution in [0.3, 0.4) is 0 Å². The minimum atomic E-state index is -0.894. The summed E-state index contributed by atoms with van der Waals surface area (Å²) < 4.78 is 5.30. The summed E-state index contributed by atoms with van der Waals surface area (Å²) in [6.07, 6.45) is 0.541. The predicted octanol–water partition coefficient (Wildman–Crippen LogP) is -1.32. The van der Waals surface area contributed by atoms with Gasteiger partial charge in [-0.15, -0.1) is 0 Å². The van der Waals surface area contributed by atoms with Gasteiger partial charge in [-0.05, 0) is 12.5 Å². The minimum Gasteiger partial charge on any atom is -0.387 e. The van der Waals surface area contributed by atoms with Crippen LogP contribution in [0.2, 0.25) is 0 Å². The van der Waals surface area contributed by atoms with Gasteiger partial charge in [0, 0.05) is 32.2 Å². The van der Waals surface area contributed by atoms with Gasteiger partial charge in [0.05, 0.1) is 25.4 Å². The quantitative estimate of drug-likeness (QED) is 0.718. The van der Waals surface area contributed by atoms with E-state index in [9.17, 15) is 14.7 Å². The highest BCUT2D eigenvalue weighted by Crippen LogP contribution is 2.24. The summed E-state index contributed by atoms with van der Waals surface area (Å²) in [5, 5.41) is 16.7. The summed E-state index contributed by atoms with van der Waals surface area (Å²) in [5.41, 5.74) is -1.05. The Labute approximate surface area is 127 Å². The summed E-state index contributed by atoms with van der Waals surface area (Å²) in [6, 6.07) is 2.68. The number of carbonyl (C=O) groups excluding carboxylic acids is 1. The van der Waals surface area contributed by atoms with E-state index in [4.69, 9.17) is 4.74 Å². The lowest BCUT2D eigenvalue weighted by atomic mass is 10.0. The van der Waals surface area contributed by atoms with E-state index < -0.39 is 5.60 Å². The fourth-order valence-corrected chi connectivity index (χ4v) is 2.96. The number of nitrogens with one attached hydrogen (secondary N) is 1. The van der Waals surface area contributed by atoms with Crippen LogP contribution in [0.5, 0.6) is 0 Å². The van der Waals surface area contributed by atoms with Crippen molar-refractivity contribution in [2.45, 2.75) is 12.0 Å². The standard InChI is InChI=1S/C14H20N4O4/c19-12-2-1-11(15-16-12)13(20)18-4-3-14(21,10-18)9-17-5-7-22-8-6-17/h1-2,21H,3-10H2,(H,16,19)/t14-/m1/s1. The minimum absolute atomic E-state index is 0.190. The van der Waals surface area contributed by atoms with Gasteiger partial charge in [-0.25, -0.2) is 5.10 Å². The third-order valence-electron chi connectivity index (χ3n) is 4.14. The Hall–Kier alpha value is -1.77. The fraction of sp³-hybridized carbons (Fsp3) is 0.643. The maximum Gasteiger partial charge on any atom is 0.274 e. The first-order valence-corrected chi connectivity index (χ1v) is 7.43. The van der Waals surface area contributed by atoms with Crippen molar-refractivity contribution < 1.29 is 14.6 Å². The average Bonchev–Trinajstić information content (AvgIpc) is 2.90. The SMILES string of the molecule is O=C(c1ccc(=O)[nH]n1)N1CC[C@@](O)(CN2CCOCC2)C1. The second-order valence-corrected chi connectivity index (χ2v) is 5.90. The molecule has 2 fully saturated rings. The van der Waals surface area contributed by atoms with Crippen LogP contribution in [0.25, 0.3) is 0 Å². The van der Waals surface area contributed by atoms with Crippen LogP contribution in [0.1, 0.15) is 16.9 Å². The summed E-state index contributed by atoms with van der Waals surface area (Å²) >= 11 is 0. The smallest absolute Gasteiger partial charge is 0.274 e. The molecule has 1 aromatic rings. The normalized spacial score (nSPS) is 26.3. The second-order valence-electron chi connectivity index (χ2n) is 5.90. The highest BCUT2D eigenvalue weighted by molar-refractivity contribution is 5.92. The number of rotatable bonds is 3. The number of aromatic amines is 1. The molecule has 0 aliphatic carbocycles. The Morgan fingerprint density at radius 3 is 2.82 bits per heavy atom. The molecular weight excluding hydrogens is 288 g/mol. The molecule has 2 aliphatic rings. The van der Waals surface area contributed by atoms with E-state index in [2.05, 4.69) is 15.1 Å². The van der Waals surface area contributed by atoms with E-state index in [1.54, 1.807) is 4.90 Å². The Balaban J connectivity index is 1.62. The van der Waals surface area contributed by atoms with Crippen LogP contribution in [-0.2, 0) is 4.74 Å². The molecule has 0 spiro atoms. The van der Waals surface area contributed by atoms with E-state index in [-0.39, 0.29) is 23.7 Å². The van der Waals surface area contributed by atoms with E-state index in [0.29, 0.717) is 32.7 Å². The maximum absolute atomic E-state index is 12.3. The molecule has 3 rings (SSSR count). The van der Waals surface area contributed by atoms with Gasteiger partial charge in [-0.3, -0.25) is 14.5 Å². The van der Waals surface area contributed by atoms with E-state index in [1.165, 1.54) is 12.1 Å². The van der Waals surface area contributed by atoms with Crippen LogP contribution in [-0.4, -0.2) is 82.5 Å². The Bertz CT molecular complexity index is 578. The number of aromatic nitrogens is 2. The highest BCUT2D eigenvalue weighted by Gasteiger charge is 2.40. The van der Waals surface area contributed by atoms with E-state index in [0.717, 1.165) is 13.1 Å². The largest absolute Gasteiger partial charge is 0.387 e. The Kier molecular flexibility index (Phi) is 4.23. The van der Waals surface area contributed by atoms with Crippen molar-refractivity contribution in [1.29, 1.82) is 0 Å². The second kappa shape index (κ2) is 6.15. The third-order valence-corrected chi connectivity index (χ3v) is 4.14. The van der Waals surface area contributed by atoms with Crippen LogP contribution in [0, 0.1) is 0 Å². The summed E-state index contributed by atoms with van der Waals surface area (Å²) in [6.45, 7) is 4.28. The molecule has 3 heterocycles. The van der Waals surface area contributed by atoms with Crippen molar-refractivity contribution in [3.8, 4) is 0 Å². The van der Waals surface area contributed by atoms with Gasteiger partial charge in [0.1, 0.15) is 5.69 Å². The molecule has 1 atom stereocenters. The van der Waals surface area contributed by atoms with Crippen LogP contribution >= 0.6 is 0 Å². The topological polar surface area (TPSA) is 98.8 Å². The zero-order valence-corrected chi connectivity index (χ0v) is 12.3. The summed E-state index contributed by atoms with van der Waals surface area (Å²) in [4.78, 5) is 27.1. The number of H-pyrrole nitrogens is 1. The van der Waals surface area contributed by atoms with Crippen LogP contribution < -0.4 is 5.56 Å². The highest BCUT2D eigenvalue weighted by atomic mass is 16.5. The number of ether oxygens (including phenoxy) is 1. The fourth-order valence-electron chi connectivity index (χ4n) is 2.96. The van der Waals surface area contributed by atoms with Crippen LogP contribution in [0.15, 0.2) is 16.9 Å². The van der Waals surface area contributed by atoms with Crippen molar-refractivity contribution >= 4 is 5.91 Å². The molecule has 2 N–H and O–H groups in total. The zero-order valence-electron chi connectivity index (χ0n) is 12.3. The molecule has 0 saturated carbocycles. The van der Waals surface area contributed by atoms with Gasteiger partial charge < -0.3 is 14.7 Å². The first-order valence-electron chi connectivity index (χ1n) is 7.43. The number of carbonyl (C=O) groups is 1. The van der Waals surface area contributed by atoms with Gasteiger partial charge >= 0.3 is 0 Å². The number of amides is 1. The molecule has 0 unspecified atom stereocenters. The van der Waals surface area contributed by atoms with Crippen molar-refractivity contribution in [3.63, 3.8) is 0 Å². The molecule has 8 nitrogen and oxygen atoms in total. The van der Waals surface area contributed by atoms with Gasteiger partial charge in [0.2, 0.25) is 0 Å². The van der Waals surface area contributed by atoms with Gasteiger partial charge in [0.15, 0.2) is 0 Å². The lowest BCUT2D eigenvalue weighted by molar-refractivity contribution is -0.0257. The molecule has 2 aliphatic heterocycles. The van der Waals surface area contributed by atoms with Crippen molar-refractivity contribution in [2.75, 3.05) is 45.9 Å². The predicted molar refractivity (Wildman–Crippen MR) is 77.6 cm³/mol. The molecule has 1 aromatic heterocycles. The molecule has 120 valence electrons. The Morgan fingerprint density at radius 2 is 2.14 bits per heavy atom. The monoisotopic (exact) mass is 308 g/mol. The molecule has 8 heteroatoms. The molecule has 0 bridgehead atoms. The van der Waals surface area contributed by atoms with E-state index in [1.807, 2.05) is 0 Å². The van der Waals surface area contributed by atoms with Crippen LogP contribution in [0.4, 0.5) is 0 Å². The molecule has 0 radical (unpaired) electrons.